The number of nitrogens with one attached hydrogen (secondary N) is 2. The summed E-state index contributed by atoms with van der Waals surface area (Å²) in [5.41, 5.74) is 1.01. The van der Waals surface area contributed by atoms with E-state index in [2.05, 4.69) is 15.6 Å². The fraction of sp³-hybridized carbons (Fsp3) is 0.550. The van der Waals surface area contributed by atoms with Crippen LogP contribution in [0.25, 0.3) is 0 Å². The molecular formula is C20H33N3O5P+. The van der Waals surface area contributed by atoms with Gasteiger partial charge in [0.15, 0.2) is 0 Å². The first-order chi connectivity index (χ1) is 13.5. The van der Waals surface area contributed by atoms with Gasteiger partial charge >= 0.3 is 7.72 Å². The molecule has 0 saturated heterocycles. The highest BCUT2D eigenvalue weighted by molar-refractivity contribution is 7.80. The van der Waals surface area contributed by atoms with Crippen molar-refractivity contribution in [1.29, 1.82) is 0 Å². The third-order valence-electron chi connectivity index (χ3n) is 4.43. The van der Waals surface area contributed by atoms with Gasteiger partial charge in [0.05, 0.1) is 7.11 Å². The average molecular weight is 426 g/mol. The molecule has 1 unspecified atom stereocenters. The van der Waals surface area contributed by atoms with Gasteiger partial charge in [-0.15, -0.1) is 0 Å². The Morgan fingerprint density at radius 1 is 1.17 bits per heavy atom. The van der Waals surface area contributed by atoms with E-state index in [4.69, 9.17) is 4.74 Å². The van der Waals surface area contributed by atoms with E-state index in [1.54, 1.807) is 19.2 Å². The van der Waals surface area contributed by atoms with Crippen LogP contribution in [0.4, 0.5) is 0 Å². The van der Waals surface area contributed by atoms with E-state index in [0.717, 1.165) is 5.56 Å². The summed E-state index contributed by atoms with van der Waals surface area (Å²) in [5.74, 6) is 0.119. The van der Waals surface area contributed by atoms with Crippen molar-refractivity contribution in [2.75, 3.05) is 20.8 Å². The molecular weight excluding hydrogens is 393 g/mol. The van der Waals surface area contributed by atoms with Gasteiger partial charge in [-0.25, -0.2) is 14.8 Å². The van der Waals surface area contributed by atoms with Crippen LogP contribution in [0.1, 0.15) is 32.8 Å². The van der Waals surface area contributed by atoms with Crippen LogP contribution >= 0.6 is 7.72 Å². The number of likely N-dealkylation sites (N-methyl/N-ethyl adjacent to an activating group) is 1. The molecule has 1 aromatic rings. The van der Waals surface area contributed by atoms with Crippen LogP contribution in [0.2, 0.25) is 0 Å². The molecule has 9 heteroatoms. The molecule has 1 rings (SSSR count). The van der Waals surface area contributed by atoms with Crippen molar-refractivity contribution in [2.24, 2.45) is 10.9 Å². The van der Waals surface area contributed by atoms with Crippen LogP contribution in [0.3, 0.4) is 0 Å². The maximum absolute atomic E-state index is 12.9. The van der Waals surface area contributed by atoms with Crippen molar-refractivity contribution in [1.82, 2.24) is 10.6 Å². The van der Waals surface area contributed by atoms with Crippen molar-refractivity contribution < 1.29 is 24.1 Å². The summed E-state index contributed by atoms with van der Waals surface area (Å²) in [7, 11) is -0.200. The zero-order valence-electron chi connectivity index (χ0n) is 18.0. The molecule has 0 saturated carbocycles. The van der Waals surface area contributed by atoms with E-state index in [1.807, 2.05) is 26.0 Å². The van der Waals surface area contributed by atoms with E-state index in [-0.39, 0.29) is 17.3 Å². The standard InChI is InChI=1S/C20H32N3O5P/c1-13(2)11-17(22-14(3)29(6,26)27)20(25)23-18(19(24)21-4)12-15-7-9-16(28-5)10-8-15/h7-10,13,17-18,26-27H,11-12H2,1-6H3,(H-,21,23,24,25)/p+1/t17?,18-/m0/s1. The predicted octanol–water partition coefficient (Wildman–Crippen LogP) is 1.76. The summed E-state index contributed by atoms with van der Waals surface area (Å²) in [5, 5.41) is 5.34. The monoisotopic (exact) mass is 426 g/mol. The number of aliphatic imine (C=N–C) groups is 1. The van der Waals surface area contributed by atoms with E-state index >= 15 is 0 Å². The summed E-state index contributed by atoms with van der Waals surface area (Å²) in [6, 6.07) is 5.66. The van der Waals surface area contributed by atoms with E-state index < -0.39 is 25.7 Å². The Labute approximate surface area is 173 Å². The lowest BCUT2D eigenvalue weighted by molar-refractivity contribution is -0.129. The van der Waals surface area contributed by atoms with Crippen LogP contribution in [-0.2, 0) is 16.0 Å². The van der Waals surface area contributed by atoms with Gasteiger partial charge in [0, 0.05) is 20.4 Å². The maximum Gasteiger partial charge on any atom is 0.310 e. The molecule has 0 aliphatic rings. The highest BCUT2D eigenvalue weighted by Crippen LogP contribution is 2.47. The molecule has 0 aromatic heterocycles. The minimum atomic E-state index is -3.29. The number of nitrogens with zero attached hydrogens (tertiary/aromatic N) is 1. The molecule has 162 valence electrons. The number of rotatable bonds is 10. The molecule has 0 aliphatic carbocycles. The highest BCUT2D eigenvalue weighted by Gasteiger charge is 2.33. The van der Waals surface area contributed by atoms with Gasteiger partial charge in [0.1, 0.15) is 24.5 Å². The third kappa shape index (κ3) is 8.48. The fourth-order valence-electron chi connectivity index (χ4n) is 2.65. The zero-order valence-corrected chi connectivity index (χ0v) is 18.9. The lowest BCUT2D eigenvalue weighted by Gasteiger charge is -2.21. The molecule has 0 bridgehead atoms. The Kier molecular flexibility index (Phi) is 9.70. The van der Waals surface area contributed by atoms with E-state index in [9.17, 15) is 19.4 Å². The lowest BCUT2D eigenvalue weighted by Crippen LogP contribution is -2.50. The predicted molar refractivity (Wildman–Crippen MR) is 116 cm³/mol. The number of carbonyl (C=O) groups excluding carboxylic acids is 2. The maximum atomic E-state index is 12.9. The van der Waals surface area contributed by atoms with Crippen molar-refractivity contribution in [3.05, 3.63) is 29.8 Å². The van der Waals surface area contributed by atoms with Gasteiger partial charge in [-0.2, -0.15) is 0 Å². The van der Waals surface area contributed by atoms with Crippen molar-refractivity contribution in [2.45, 2.75) is 45.7 Å². The lowest BCUT2D eigenvalue weighted by atomic mass is 10.0. The Balaban J connectivity index is 3.03. The van der Waals surface area contributed by atoms with Gasteiger partial charge in [-0.3, -0.25) is 9.59 Å². The molecule has 29 heavy (non-hydrogen) atoms. The van der Waals surface area contributed by atoms with Crippen LogP contribution in [0, 0.1) is 5.92 Å². The quantitative estimate of drug-likeness (QED) is 0.336. The van der Waals surface area contributed by atoms with Crippen LogP contribution in [0.15, 0.2) is 29.3 Å². The van der Waals surface area contributed by atoms with Crippen LogP contribution in [0.5, 0.6) is 5.75 Å². The summed E-state index contributed by atoms with van der Waals surface area (Å²) in [6.07, 6.45) is 0.726. The van der Waals surface area contributed by atoms with Crippen molar-refractivity contribution in [3.8, 4) is 5.75 Å². The Hall–Kier alpha value is -2.02. The second-order valence-electron chi connectivity index (χ2n) is 7.46. The number of benzene rings is 1. The first kappa shape index (κ1) is 25.0. The minimum absolute atomic E-state index is 0.143. The number of carbonyl (C=O) groups is 2. The summed E-state index contributed by atoms with van der Waals surface area (Å²) in [4.78, 5) is 49.1. The summed E-state index contributed by atoms with van der Waals surface area (Å²) in [6.45, 7) is 6.70. The SMILES string of the molecule is CNC(=O)[C@H](Cc1ccc(OC)cc1)NC(=O)C(CC(C)C)N=C(C)[P+](C)(O)O. The number of ether oxygens (including phenoxy) is 1. The van der Waals surface area contributed by atoms with Crippen molar-refractivity contribution >= 4 is 25.0 Å². The van der Waals surface area contributed by atoms with Crippen molar-refractivity contribution in [3.63, 3.8) is 0 Å². The molecule has 0 fully saturated rings. The topological polar surface area (TPSA) is 120 Å². The second kappa shape index (κ2) is 11.2. The normalized spacial score (nSPS) is 14.3. The molecule has 2 amide bonds. The number of amides is 2. The first-order valence-electron chi connectivity index (χ1n) is 9.49. The van der Waals surface area contributed by atoms with Gasteiger partial charge < -0.3 is 15.4 Å². The molecule has 2 atom stereocenters. The molecule has 0 heterocycles. The molecule has 0 aliphatic heterocycles. The highest BCUT2D eigenvalue weighted by atomic mass is 31.2. The molecule has 0 spiro atoms. The fourth-order valence-corrected chi connectivity index (χ4v) is 3.01. The molecule has 8 nitrogen and oxygen atoms in total. The number of methoxy groups -OCH3 is 1. The Bertz CT molecular complexity index is 714. The Morgan fingerprint density at radius 2 is 1.76 bits per heavy atom. The van der Waals surface area contributed by atoms with Crippen LogP contribution < -0.4 is 15.4 Å². The first-order valence-corrected chi connectivity index (χ1v) is 11.6. The van der Waals surface area contributed by atoms with Gasteiger partial charge in [0.2, 0.25) is 17.3 Å². The summed E-state index contributed by atoms with van der Waals surface area (Å²) >= 11 is 0. The second-order valence-corrected chi connectivity index (χ2v) is 9.94. The van der Waals surface area contributed by atoms with Crippen LogP contribution in [-0.4, -0.2) is 60.0 Å². The molecule has 0 radical (unpaired) electrons. The van der Waals surface area contributed by atoms with E-state index in [1.165, 1.54) is 20.6 Å². The molecule has 1 aromatic carbocycles. The summed E-state index contributed by atoms with van der Waals surface area (Å²) < 4.78 is 5.14. The number of hydrogen-bond donors (Lipinski definition) is 4. The minimum Gasteiger partial charge on any atom is -0.497 e. The van der Waals surface area contributed by atoms with E-state index in [0.29, 0.717) is 18.6 Å². The zero-order chi connectivity index (χ0) is 22.2. The van der Waals surface area contributed by atoms with Gasteiger partial charge in [0.25, 0.3) is 0 Å². The largest absolute Gasteiger partial charge is 0.497 e. The number of hydrogen-bond acceptors (Lipinski definition) is 6. The third-order valence-corrected chi connectivity index (χ3v) is 5.77. The smallest absolute Gasteiger partial charge is 0.310 e. The molecule has 4 N–H and O–H groups in total. The average Bonchev–Trinajstić information content (AvgIpc) is 2.65. The Morgan fingerprint density at radius 3 is 2.21 bits per heavy atom. The van der Waals surface area contributed by atoms with Gasteiger partial charge in [-0.1, -0.05) is 26.0 Å². The van der Waals surface area contributed by atoms with Gasteiger partial charge in [-0.05, 0) is 30.0 Å².